The van der Waals surface area contributed by atoms with Gasteiger partial charge in [0.25, 0.3) is 0 Å². The molecule has 142 valence electrons. The molecule has 1 aliphatic heterocycles. The van der Waals surface area contributed by atoms with Gasteiger partial charge in [-0.1, -0.05) is 12.1 Å². The average molecular weight is 372 g/mol. The Bertz CT molecular complexity index is 915. The Labute approximate surface area is 155 Å². The first-order valence-corrected chi connectivity index (χ1v) is 8.69. The van der Waals surface area contributed by atoms with E-state index in [9.17, 15) is 19.5 Å². The number of benzene rings is 1. The van der Waals surface area contributed by atoms with Gasteiger partial charge in [0.15, 0.2) is 11.4 Å². The maximum atomic E-state index is 13.4. The van der Waals surface area contributed by atoms with Crippen LogP contribution >= 0.6 is 0 Å². The van der Waals surface area contributed by atoms with Crippen molar-refractivity contribution in [3.05, 3.63) is 41.0 Å². The number of carbonyl (C=O) groups is 3. The van der Waals surface area contributed by atoms with Gasteiger partial charge in [-0.25, -0.2) is 0 Å². The summed E-state index contributed by atoms with van der Waals surface area (Å²) in [6.07, 6.45) is 1.26. The van der Waals surface area contributed by atoms with E-state index in [0.29, 0.717) is 11.8 Å². The van der Waals surface area contributed by atoms with Gasteiger partial charge in [0.2, 0.25) is 5.78 Å². The summed E-state index contributed by atoms with van der Waals surface area (Å²) in [4.78, 5) is 36.6. The Hall–Kier alpha value is -2.35. The quantitative estimate of drug-likeness (QED) is 0.479. The first kappa shape index (κ1) is 18.0. The smallest absolute Gasteiger partial charge is 0.308 e. The standard InChI is InChI=1S/C20H20O7/c1-10(22)25-13-7-5-6-12-15(13)17(23)20(24)11(9-21)8-14-16(20)19(12,4)27-18(2,3)26-14/h5-9,14,16,24H,1-4H3/t14-,16-,19-,20-/m1/s1. The molecule has 4 atom stereocenters. The topological polar surface area (TPSA) is 99.1 Å². The second-order valence-corrected chi connectivity index (χ2v) is 7.78. The molecule has 0 radical (unpaired) electrons. The molecule has 1 aromatic rings. The van der Waals surface area contributed by atoms with Crippen LogP contribution in [0, 0.1) is 5.92 Å². The summed E-state index contributed by atoms with van der Waals surface area (Å²) >= 11 is 0. The number of ketones is 1. The van der Waals surface area contributed by atoms with Crippen LogP contribution in [0.2, 0.25) is 0 Å². The fourth-order valence-corrected chi connectivity index (χ4v) is 4.79. The van der Waals surface area contributed by atoms with Crippen molar-refractivity contribution in [3.8, 4) is 5.75 Å². The SMILES string of the molecule is CC(=O)Oc1cccc2c1C(=O)[C@@]1(O)C(C=O)=C[C@H]3OC(C)(C)O[C@@]2(C)[C@@H]31. The highest BCUT2D eigenvalue weighted by molar-refractivity contribution is 6.13. The fourth-order valence-electron chi connectivity index (χ4n) is 4.79. The molecular weight excluding hydrogens is 352 g/mol. The highest BCUT2D eigenvalue weighted by Crippen LogP contribution is 2.59. The zero-order valence-corrected chi connectivity index (χ0v) is 15.4. The third-order valence-electron chi connectivity index (χ3n) is 5.55. The van der Waals surface area contributed by atoms with E-state index in [4.69, 9.17) is 14.2 Å². The van der Waals surface area contributed by atoms with E-state index in [1.165, 1.54) is 19.1 Å². The number of esters is 1. The Balaban J connectivity index is 2.04. The van der Waals surface area contributed by atoms with Gasteiger partial charge in [-0.2, -0.15) is 0 Å². The molecule has 0 aromatic heterocycles. The minimum atomic E-state index is -2.12. The van der Waals surface area contributed by atoms with Crippen molar-refractivity contribution < 1.29 is 33.7 Å². The molecule has 3 aliphatic rings. The molecule has 0 spiro atoms. The molecule has 1 aromatic carbocycles. The first-order chi connectivity index (χ1) is 12.5. The van der Waals surface area contributed by atoms with Crippen molar-refractivity contribution in [3.63, 3.8) is 0 Å². The molecule has 0 amide bonds. The van der Waals surface area contributed by atoms with Gasteiger partial charge < -0.3 is 19.3 Å². The van der Waals surface area contributed by atoms with Crippen molar-refractivity contribution in [2.45, 2.75) is 50.8 Å². The normalized spacial score (nSPS) is 35.7. The highest BCUT2D eigenvalue weighted by Gasteiger charge is 2.69. The zero-order chi connectivity index (χ0) is 19.8. The number of Topliss-reactive ketones (excluding diaryl/α,β-unsaturated/α-hetero) is 1. The summed E-state index contributed by atoms with van der Waals surface area (Å²) in [5.74, 6) is -3.14. The number of aldehydes is 1. The molecule has 0 unspecified atom stereocenters. The molecular formula is C20H20O7. The van der Waals surface area contributed by atoms with E-state index >= 15 is 0 Å². The Morgan fingerprint density at radius 3 is 2.63 bits per heavy atom. The van der Waals surface area contributed by atoms with Crippen molar-refractivity contribution in [1.29, 1.82) is 0 Å². The van der Waals surface area contributed by atoms with Crippen LogP contribution in [0.25, 0.3) is 0 Å². The molecule has 1 N–H and O–H groups in total. The molecule has 1 heterocycles. The van der Waals surface area contributed by atoms with Gasteiger partial charge in [0.1, 0.15) is 17.6 Å². The summed E-state index contributed by atoms with van der Waals surface area (Å²) in [7, 11) is 0. The van der Waals surface area contributed by atoms with Crippen LogP contribution in [0.4, 0.5) is 0 Å². The summed E-state index contributed by atoms with van der Waals surface area (Å²) in [5, 5.41) is 11.4. The summed E-state index contributed by atoms with van der Waals surface area (Å²) in [6, 6.07) is 4.84. The zero-order valence-electron chi connectivity index (χ0n) is 15.4. The number of aliphatic hydroxyl groups is 1. The minimum absolute atomic E-state index is 0.0275. The highest BCUT2D eigenvalue weighted by atomic mass is 16.7. The van der Waals surface area contributed by atoms with Gasteiger partial charge in [0, 0.05) is 12.5 Å². The molecule has 7 heteroatoms. The molecule has 1 fully saturated rings. The minimum Gasteiger partial charge on any atom is -0.426 e. The third kappa shape index (κ3) is 2.22. The van der Waals surface area contributed by atoms with Crippen molar-refractivity contribution in [2.75, 3.05) is 0 Å². The molecule has 7 nitrogen and oxygen atoms in total. The lowest BCUT2D eigenvalue weighted by Gasteiger charge is -2.56. The Morgan fingerprint density at radius 2 is 2.00 bits per heavy atom. The Morgan fingerprint density at radius 1 is 1.30 bits per heavy atom. The second kappa shape index (κ2) is 5.34. The monoisotopic (exact) mass is 372 g/mol. The Kier molecular flexibility index (Phi) is 3.57. The van der Waals surface area contributed by atoms with Crippen LogP contribution in [0.3, 0.4) is 0 Å². The van der Waals surface area contributed by atoms with Gasteiger partial charge in [-0.15, -0.1) is 0 Å². The fraction of sp³-hybridized carbons (Fsp3) is 0.450. The van der Waals surface area contributed by atoms with E-state index in [2.05, 4.69) is 0 Å². The molecule has 0 saturated carbocycles. The number of rotatable bonds is 2. The maximum absolute atomic E-state index is 13.4. The number of ether oxygens (including phenoxy) is 3. The van der Waals surface area contributed by atoms with E-state index in [-0.39, 0.29) is 16.9 Å². The predicted molar refractivity (Wildman–Crippen MR) is 92.1 cm³/mol. The number of carbonyl (C=O) groups excluding carboxylic acids is 3. The summed E-state index contributed by atoms with van der Waals surface area (Å²) in [6.45, 7) is 6.44. The van der Waals surface area contributed by atoms with Crippen molar-refractivity contribution in [2.24, 2.45) is 5.92 Å². The van der Waals surface area contributed by atoms with Crippen LogP contribution in [0.5, 0.6) is 5.75 Å². The number of fused-ring (bicyclic) bond motifs is 2. The van der Waals surface area contributed by atoms with E-state index < -0.39 is 40.8 Å². The van der Waals surface area contributed by atoms with Crippen LogP contribution in [-0.4, -0.2) is 40.6 Å². The molecule has 27 heavy (non-hydrogen) atoms. The lowest BCUT2D eigenvalue weighted by molar-refractivity contribution is -0.359. The first-order valence-electron chi connectivity index (χ1n) is 8.69. The average Bonchev–Trinajstić information content (AvgIpc) is 2.85. The van der Waals surface area contributed by atoms with Crippen LogP contribution in [-0.2, 0) is 24.7 Å². The maximum Gasteiger partial charge on any atom is 0.308 e. The lowest BCUT2D eigenvalue weighted by Crippen LogP contribution is -2.66. The van der Waals surface area contributed by atoms with Crippen LogP contribution in [0.15, 0.2) is 29.8 Å². The van der Waals surface area contributed by atoms with E-state index in [1.807, 2.05) is 0 Å². The molecule has 1 saturated heterocycles. The lowest BCUT2D eigenvalue weighted by atomic mass is 9.62. The summed E-state index contributed by atoms with van der Waals surface area (Å²) in [5.41, 5.74) is -2.82. The van der Waals surface area contributed by atoms with E-state index in [0.717, 1.165) is 0 Å². The van der Waals surface area contributed by atoms with Gasteiger partial charge in [-0.05, 0) is 38.5 Å². The molecule has 4 rings (SSSR count). The van der Waals surface area contributed by atoms with Gasteiger partial charge >= 0.3 is 5.97 Å². The number of hydrogen-bond donors (Lipinski definition) is 1. The predicted octanol–water partition coefficient (Wildman–Crippen LogP) is 1.66. The largest absolute Gasteiger partial charge is 0.426 e. The third-order valence-corrected chi connectivity index (χ3v) is 5.55. The van der Waals surface area contributed by atoms with Crippen molar-refractivity contribution >= 4 is 18.0 Å². The second-order valence-electron chi connectivity index (χ2n) is 7.78. The summed E-state index contributed by atoms with van der Waals surface area (Å²) < 4.78 is 17.3. The van der Waals surface area contributed by atoms with Gasteiger partial charge in [0.05, 0.1) is 17.6 Å². The van der Waals surface area contributed by atoms with Crippen LogP contribution in [0.1, 0.15) is 43.6 Å². The van der Waals surface area contributed by atoms with E-state index in [1.54, 1.807) is 32.9 Å². The molecule has 0 bridgehead atoms. The molecule has 2 aliphatic carbocycles. The van der Waals surface area contributed by atoms with Crippen LogP contribution < -0.4 is 4.74 Å². The number of hydrogen-bond acceptors (Lipinski definition) is 7. The van der Waals surface area contributed by atoms with Gasteiger partial charge in [-0.3, -0.25) is 14.4 Å². The van der Waals surface area contributed by atoms with Crippen molar-refractivity contribution in [1.82, 2.24) is 0 Å².